The monoisotopic (exact) mass is 370 g/mol. The molecule has 5 nitrogen and oxygen atoms in total. The van der Waals surface area contributed by atoms with Gasteiger partial charge in [-0.05, 0) is 74.1 Å². The molecule has 0 radical (unpaired) electrons. The van der Waals surface area contributed by atoms with Crippen LogP contribution in [0.25, 0.3) is 0 Å². The third-order valence-electron chi connectivity index (χ3n) is 4.40. The van der Waals surface area contributed by atoms with E-state index in [1.807, 2.05) is 6.07 Å². The molecule has 0 bridgehead atoms. The molecule has 2 heterocycles. The minimum atomic E-state index is -1.12. The van der Waals surface area contributed by atoms with E-state index in [0.717, 1.165) is 31.7 Å². The summed E-state index contributed by atoms with van der Waals surface area (Å²) >= 11 is 3.39. The first-order valence-electron chi connectivity index (χ1n) is 7.61. The molecule has 1 aromatic heterocycles. The van der Waals surface area contributed by atoms with Crippen molar-refractivity contribution in [2.75, 3.05) is 18.0 Å². The van der Waals surface area contributed by atoms with Crippen LogP contribution in [-0.4, -0.2) is 46.5 Å². The van der Waals surface area contributed by atoms with E-state index in [4.69, 9.17) is 4.65 Å². The molecule has 2 N–H and O–H groups in total. The summed E-state index contributed by atoms with van der Waals surface area (Å²) in [6, 6.07) is 3.59. The quantitative estimate of drug-likeness (QED) is 0.610. The predicted octanol–water partition coefficient (Wildman–Crippen LogP) is 1.70. The van der Waals surface area contributed by atoms with E-state index < -0.39 is 18.3 Å². The van der Waals surface area contributed by atoms with E-state index in [1.165, 1.54) is 0 Å². The molecule has 0 atom stereocenters. The lowest BCUT2D eigenvalue weighted by Gasteiger charge is -2.38. The van der Waals surface area contributed by atoms with Crippen molar-refractivity contribution in [1.82, 2.24) is 4.98 Å². The number of aliphatic hydroxyl groups is 1. The van der Waals surface area contributed by atoms with E-state index in [0.29, 0.717) is 10.1 Å². The zero-order valence-electron chi connectivity index (χ0n) is 13.6. The number of halogens is 1. The molecule has 22 heavy (non-hydrogen) atoms. The van der Waals surface area contributed by atoms with Crippen molar-refractivity contribution in [3.05, 3.63) is 16.7 Å². The third-order valence-corrected chi connectivity index (χ3v) is 4.80. The lowest BCUT2D eigenvalue weighted by atomic mass is 9.77. The summed E-state index contributed by atoms with van der Waals surface area (Å²) in [6.45, 7) is 8.81. The average molecular weight is 371 g/mol. The maximum absolute atomic E-state index is 10.4. The Kier molecular flexibility index (Phi) is 5.21. The summed E-state index contributed by atoms with van der Waals surface area (Å²) in [5, 5.41) is 20.6. The van der Waals surface area contributed by atoms with Crippen LogP contribution in [0.5, 0.6) is 0 Å². The Hall–Kier alpha value is -0.625. The second kappa shape index (κ2) is 6.47. The number of aromatic nitrogens is 1. The summed E-state index contributed by atoms with van der Waals surface area (Å²) in [7, 11) is -1.12. The van der Waals surface area contributed by atoms with E-state index in [1.54, 1.807) is 33.8 Å². The van der Waals surface area contributed by atoms with Crippen LogP contribution < -0.4 is 10.4 Å². The zero-order chi connectivity index (χ0) is 16.5. The highest BCUT2D eigenvalue weighted by molar-refractivity contribution is 9.10. The van der Waals surface area contributed by atoms with Crippen molar-refractivity contribution >= 4 is 34.3 Å². The molecule has 1 saturated heterocycles. The van der Waals surface area contributed by atoms with Crippen LogP contribution in [0.4, 0.5) is 5.82 Å². The first-order chi connectivity index (χ1) is 10.1. The fourth-order valence-electron chi connectivity index (χ4n) is 2.24. The van der Waals surface area contributed by atoms with E-state index in [2.05, 4.69) is 25.8 Å². The Balaban J connectivity index is 2.20. The fraction of sp³-hybridized carbons (Fsp3) is 0.667. The van der Waals surface area contributed by atoms with Crippen molar-refractivity contribution in [3.63, 3.8) is 0 Å². The summed E-state index contributed by atoms with van der Waals surface area (Å²) in [5.41, 5.74) is -1.34. The van der Waals surface area contributed by atoms with Gasteiger partial charge in [-0.2, -0.15) is 0 Å². The highest BCUT2D eigenvalue weighted by Gasteiger charge is 2.39. The number of pyridine rings is 1. The zero-order valence-corrected chi connectivity index (χ0v) is 15.2. The van der Waals surface area contributed by atoms with Crippen molar-refractivity contribution in [2.24, 2.45) is 0 Å². The van der Waals surface area contributed by atoms with E-state index >= 15 is 0 Å². The third kappa shape index (κ3) is 4.01. The van der Waals surface area contributed by atoms with E-state index in [9.17, 15) is 10.1 Å². The molecule has 0 aliphatic carbocycles. The van der Waals surface area contributed by atoms with Crippen molar-refractivity contribution in [3.8, 4) is 0 Å². The molecule has 0 amide bonds. The standard InChI is InChI=1S/C15H24BBrN2O3/c1-14(2,20)15(3,4)22-16(21)11-9-12(17)18-13(10-11)19-7-5-6-8-19/h9-10,20-21H,5-8H2,1-4H3. The van der Waals surface area contributed by atoms with Gasteiger partial charge in [-0.1, -0.05) is 0 Å². The lowest BCUT2D eigenvalue weighted by Crippen LogP contribution is -2.53. The van der Waals surface area contributed by atoms with Crippen LogP contribution in [0, 0.1) is 0 Å². The summed E-state index contributed by atoms with van der Waals surface area (Å²) in [5.74, 6) is 0.839. The Labute approximate surface area is 141 Å². The molecule has 1 aliphatic heterocycles. The van der Waals surface area contributed by atoms with Gasteiger partial charge in [-0.25, -0.2) is 4.98 Å². The number of nitrogens with zero attached hydrogens (tertiary/aromatic N) is 2. The van der Waals surface area contributed by atoms with Crippen LogP contribution in [0.3, 0.4) is 0 Å². The number of hydrogen-bond acceptors (Lipinski definition) is 5. The maximum Gasteiger partial charge on any atom is 0.491 e. The molecule has 0 spiro atoms. The maximum atomic E-state index is 10.4. The highest BCUT2D eigenvalue weighted by atomic mass is 79.9. The molecule has 1 fully saturated rings. The smallest absolute Gasteiger partial charge is 0.423 e. The lowest BCUT2D eigenvalue weighted by molar-refractivity contribution is -0.0982. The second-order valence-corrected chi connectivity index (χ2v) is 7.63. The van der Waals surface area contributed by atoms with Crippen LogP contribution in [-0.2, 0) is 4.65 Å². The molecule has 1 aliphatic rings. The van der Waals surface area contributed by atoms with Gasteiger partial charge in [0.05, 0.1) is 11.2 Å². The molecular weight excluding hydrogens is 347 g/mol. The van der Waals surface area contributed by atoms with Gasteiger partial charge in [0.1, 0.15) is 10.4 Å². The van der Waals surface area contributed by atoms with Crippen LogP contribution in [0.15, 0.2) is 16.7 Å². The summed E-state index contributed by atoms with van der Waals surface area (Å²) in [4.78, 5) is 6.67. The SMILES string of the molecule is CC(C)(O)C(C)(C)OB(O)c1cc(Br)nc(N2CCCC2)c1. The second-order valence-electron chi connectivity index (χ2n) is 6.82. The van der Waals surface area contributed by atoms with Crippen LogP contribution in [0.2, 0.25) is 0 Å². The van der Waals surface area contributed by atoms with Crippen molar-refractivity contribution < 1.29 is 14.8 Å². The molecule has 0 saturated carbocycles. The van der Waals surface area contributed by atoms with Gasteiger partial charge in [0.2, 0.25) is 0 Å². The fourth-order valence-corrected chi connectivity index (χ4v) is 2.69. The van der Waals surface area contributed by atoms with Gasteiger partial charge in [0.25, 0.3) is 0 Å². The molecule has 2 rings (SSSR count). The van der Waals surface area contributed by atoms with E-state index in [-0.39, 0.29) is 0 Å². The van der Waals surface area contributed by atoms with Gasteiger partial charge in [0, 0.05) is 13.1 Å². The molecule has 122 valence electrons. The predicted molar refractivity (Wildman–Crippen MR) is 92.5 cm³/mol. The number of anilines is 1. The van der Waals surface area contributed by atoms with Gasteiger partial charge in [-0.3, -0.25) is 0 Å². The van der Waals surface area contributed by atoms with Crippen LogP contribution in [0.1, 0.15) is 40.5 Å². The summed E-state index contributed by atoms with van der Waals surface area (Å²) in [6.07, 6.45) is 2.32. The Bertz CT molecular complexity index is 528. The minimum absolute atomic E-state index is 0.626. The topological polar surface area (TPSA) is 65.8 Å². The molecule has 0 unspecified atom stereocenters. The summed E-state index contributed by atoms with van der Waals surface area (Å²) < 4.78 is 6.36. The normalized spacial score (nSPS) is 16.2. The Morgan fingerprint density at radius 1 is 1.23 bits per heavy atom. The van der Waals surface area contributed by atoms with Gasteiger partial charge < -0.3 is 19.7 Å². The van der Waals surface area contributed by atoms with Gasteiger partial charge >= 0.3 is 7.12 Å². The first-order valence-corrected chi connectivity index (χ1v) is 8.40. The Morgan fingerprint density at radius 2 is 1.82 bits per heavy atom. The van der Waals surface area contributed by atoms with Crippen LogP contribution >= 0.6 is 15.9 Å². The number of rotatable bonds is 5. The average Bonchev–Trinajstić information content (AvgIpc) is 2.89. The first kappa shape index (κ1) is 17.7. The molecular formula is C15H24BBrN2O3. The largest absolute Gasteiger partial charge is 0.491 e. The molecule has 7 heteroatoms. The Morgan fingerprint density at radius 3 is 2.36 bits per heavy atom. The van der Waals surface area contributed by atoms with Crippen molar-refractivity contribution in [2.45, 2.75) is 51.7 Å². The molecule has 0 aromatic carbocycles. The number of hydrogen-bond donors (Lipinski definition) is 2. The highest BCUT2D eigenvalue weighted by Crippen LogP contribution is 2.26. The minimum Gasteiger partial charge on any atom is -0.423 e. The molecule has 1 aromatic rings. The van der Waals surface area contributed by atoms with Gasteiger partial charge in [0.15, 0.2) is 0 Å². The van der Waals surface area contributed by atoms with Crippen molar-refractivity contribution in [1.29, 1.82) is 0 Å². The van der Waals surface area contributed by atoms with Gasteiger partial charge in [-0.15, -0.1) is 0 Å².